The Hall–Kier alpha value is -2.10. The fourth-order valence-electron chi connectivity index (χ4n) is 1.87. The van der Waals surface area contributed by atoms with Crippen LogP contribution in [0, 0.1) is 0 Å². The molecule has 1 aromatic heterocycles. The highest BCUT2D eigenvalue weighted by molar-refractivity contribution is 5.67. The van der Waals surface area contributed by atoms with E-state index in [1.54, 1.807) is 6.20 Å². The Morgan fingerprint density at radius 1 is 1.20 bits per heavy atom. The molecule has 0 atom stereocenters. The smallest absolute Gasteiger partial charge is 0.223 e. The van der Waals surface area contributed by atoms with Crippen molar-refractivity contribution in [2.75, 3.05) is 11.9 Å². The van der Waals surface area contributed by atoms with E-state index in [0.29, 0.717) is 5.95 Å². The molecule has 0 radical (unpaired) electrons. The van der Waals surface area contributed by atoms with Crippen LogP contribution in [0.3, 0.4) is 0 Å². The quantitative estimate of drug-likeness (QED) is 0.869. The highest BCUT2D eigenvalue weighted by atomic mass is 16.5. The molecule has 0 spiro atoms. The molecule has 106 valence electrons. The lowest BCUT2D eigenvalue weighted by Gasteiger charge is -2.14. The summed E-state index contributed by atoms with van der Waals surface area (Å²) in [5.74, 6) is 1.51. The van der Waals surface area contributed by atoms with Gasteiger partial charge in [-0.1, -0.05) is 19.1 Å². The van der Waals surface area contributed by atoms with Crippen LogP contribution in [-0.2, 0) is 0 Å². The number of nitrogens with one attached hydrogen (secondary N) is 1. The van der Waals surface area contributed by atoms with Gasteiger partial charge in [-0.15, -0.1) is 0 Å². The number of nitrogens with zero attached hydrogens (tertiary/aromatic N) is 2. The van der Waals surface area contributed by atoms with E-state index in [0.717, 1.165) is 30.0 Å². The van der Waals surface area contributed by atoms with Crippen molar-refractivity contribution in [2.45, 2.75) is 33.3 Å². The molecule has 1 aromatic carbocycles. The van der Waals surface area contributed by atoms with Gasteiger partial charge in [0.1, 0.15) is 5.75 Å². The molecule has 2 aromatic rings. The summed E-state index contributed by atoms with van der Waals surface area (Å²) in [6, 6.07) is 9.85. The largest absolute Gasteiger partial charge is 0.490 e. The standard InChI is InChI=1S/C16H21N3O/c1-4-10-17-16-18-11-9-14(19-16)13-7-5-6-8-15(13)20-12(2)3/h5-9,11-12H,4,10H2,1-3H3,(H,17,18,19). The molecule has 0 bridgehead atoms. The molecule has 0 aliphatic rings. The predicted molar refractivity (Wildman–Crippen MR) is 82.0 cm³/mol. The molecular formula is C16H21N3O. The number of benzene rings is 1. The summed E-state index contributed by atoms with van der Waals surface area (Å²) < 4.78 is 5.84. The second-order valence-electron chi connectivity index (χ2n) is 4.86. The van der Waals surface area contributed by atoms with E-state index in [4.69, 9.17) is 4.74 Å². The zero-order chi connectivity index (χ0) is 14.4. The van der Waals surface area contributed by atoms with E-state index >= 15 is 0 Å². The van der Waals surface area contributed by atoms with E-state index in [1.807, 2.05) is 44.2 Å². The summed E-state index contributed by atoms with van der Waals surface area (Å²) >= 11 is 0. The second kappa shape index (κ2) is 6.89. The summed E-state index contributed by atoms with van der Waals surface area (Å²) in [6.45, 7) is 7.02. The maximum atomic E-state index is 5.84. The summed E-state index contributed by atoms with van der Waals surface area (Å²) in [4.78, 5) is 8.78. The summed E-state index contributed by atoms with van der Waals surface area (Å²) in [5, 5.41) is 3.20. The Morgan fingerprint density at radius 3 is 2.75 bits per heavy atom. The Kier molecular flexibility index (Phi) is 4.93. The highest BCUT2D eigenvalue weighted by Gasteiger charge is 2.09. The third-order valence-corrected chi connectivity index (χ3v) is 2.71. The number of aromatic nitrogens is 2. The van der Waals surface area contributed by atoms with Crippen LogP contribution in [0.5, 0.6) is 5.75 Å². The molecule has 1 N–H and O–H groups in total. The first-order valence-electron chi connectivity index (χ1n) is 7.03. The van der Waals surface area contributed by atoms with Gasteiger partial charge in [0, 0.05) is 18.3 Å². The maximum Gasteiger partial charge on any atom is 0.223 e. The first kappa shape index (κ1) is 14.3. The molecule has 0 amide bonds. The zero-order valence-corrected chi connectivity index (χ0v) is 12.3. The van der Waals surface area contributed by atoms with E-state index in [-0.39, 0.29) is 6.10 Å². The number of hydrogen-bond donors (Lipinski definition) is 1. The number of para-hydroxylation sites is 1. The van der Waals surface area contributed by atoms with E-state index in [9.17, 15) is 0 Å². The van der Waals surface area contributed by atoms with Crippen molar-refractivity contribution < 1.29 is 4.74 Å². The molecule has 4 nitrogen and oxygen atoms in total. The maximum absolute atomic E-state index is 5.84. The monoisotopic (exact) mass is 271 g/mol. The van der Waals surface area contributed by atoms with Gasteiger partial charge >= 0.3 is 0 Å². The molecular weight excluding hydrogens is 250 g/mol. The lowest BCUT2D eigenvalue weighted by molar-refractivity contribution is 0.243. The zero-order valence-electron chi connectivity index (χ0n) is 12.3. The van der Waals surface area contributed by atoms with Gasteiger partial charge in [0.25, 0.3) is 0 Å². The van der Waals surface area contributed by atoms with Crippen molar-refractivity contribution in [1.29, 1.82) is 0 Å². The SMILES string of the molecule is CCCNc1nccc(-c2ccccc2OC(C)C)n1. The Bertz CT molecular complexity index is 555. The third kappa shape index (κ3) is 3.70. The molecule has 20 heavy (non-hydrogen) atoms. The number of hydrogen-bond acceptors (Lipinski definition) is 4. The third-order valence-electron chi connectivity index (χ3n) is 2.71. The van der Waals surface area contributed by atoms with Crippen LogP contribution in [0.15, 0.2) is 36.5 Å². The molecule has 0 unspecified atom stereocenters. The van der Waals surface area contributed by atoms with Crippen molar-refractivity contribution in [2.24, 2.45) is 0 Å². The molecule has 0 fully saturated rings. The molecule has 1 heterocycles. The Labute approximate surface area is 120 Å². The van der Waals surface area contributed by atoms with E-state index < -0.39 is 0 Å². The van der Waals surface area contributed by atoms with Crippen LogP contribution >= 0.6 is 0 Å². The van der Waals surface area contributed by atoms with Gasteiger partial charge < -0.3 is 10.1 Å². The fourth-order valence-corrected chi connectivity index (χ4v) is 1.87. The normalized spacial score (nSPS) is 10.6. The van der Waals surface area contributed by atoms with Crippen molar-refractivity contribution in [3.8, 4) is 17.0 Å². The van der Waals surface area contributed by atoms with Gasteiger partial charge in [0.15, 0.2) is 0 Å². The average molecular weight is 271 g/mol. The first-order valence-corrected chi connectivity index (χ1v) is 7.03. The van der Waals surface area contributed by atoms with Gasteiger partial charge in [0.05, 0.1) is 11.8 Å². The van der Waals surface area contributed by atoms with Gasteiger partial charge in [-0.2, -0.15) is 0 Å². The predicted octanol–water partition coefficient (Wildman–Crippen LogP) is 3.75. The van der Waals surface area contributed by atoms with Crippen LogP contribution < -0.4 is 10.1 Å². The molecule has 4 heteroatoms. The van der Waals surface area contributed by atoms with E-state index in [2.05, 4.69) is 22.2 Å². The summed E-state index contributed by atoms with van der Waals surface area (Å²) in [5.41, 5.74) is 1.86. The number of rotatable bonds is 6. The molecule has 2 rings (SSSR count). The minimum atomic E-state index is 0.135. The van der Waals surface area contributed by atoms with Crippen LogP contribution in [0.4, 0.5) is 5.95 Å². The minimum absolute atomic E-state index is 0.135. The van der Waals surface area contributed by atoms with Gasteiger partial charge in [0.2, 0.25) is 5.95 Å². The van der Waals surface area contributed by atoms with Crippen LogP contribution in [0.2, 0.25) is 0 Å². The molecule has 0 saturated heterocycles. The Morgan fingerprint density at radius 2 is 2.00 bits per heavy atom. The topological polar surface area (TPSA) is 47.0 Å². The lowest BCUT2D eigenvalue weighted by Crippen LogP contribution is -2.07. The van der Waals surface area contributed by atoms with Crippen LogP contribution in [0.25, 0.3) is 11.3 Å². The summed E-state index contributed by atoms with van der Waals surface area (Å²) in [7, 11) is 0. The van der Waals surface area contributed by atoms with Gasteiger partial charge in [-0.25, -0.2) is 9.97 Å². The molecule has 0 aliphatic heterocycles. The van der Waals surface area contributed by atoms with Crippen molar-refractivity contribution >= 4 is 5.95 Å². The van der Waals surface area contributed by atoms with Crippen molar-refractivity contribution in [3.63, 3.8) is 0 Å². The van der Waals surface area contributed by atoms with Crippen molar-refractivity contribution in [3.05, 3.63) is 36.5 Å². The molecule has 0 saturated carbocycles. The molecule has 0 aliphatic carbocycles. The average Bonchev–Trinajstić information content (AvgIpc) is 2.45. The van der Waals surface area contributed by atoms with Gasteiger partial charge in [-0.05, 0) is 38.5 Å². The van der Waals surface area contributed by atoms with Crippen LogP contribution in [-0.4, -0.2) is 22.6 Å². The number of anilines is 1. The minimum Gasteiger partial charge on any atom is -0.490 e. The second-order valence-corrected chi connectivity index (χ2v) is 4.86. The lowest BCUT2D eigenvalue weighted by atomic mass is 10.1. The van der Waals surface area contributed by atoms with Crippen LogP contribution in [0.1, 0.15) is 27.2 Å². The Balaban J connectivity index is 2.31. The summed E-state index contributed by atoms with van der Waals surface area (Å²) in [6.07, 6.45) is 2.95. The van der Waals surface area contributed by atoms with Crippen molar-refractivity contribution in [1.82, 2.24) is 9.97 Å². The van der Waals surface area contributed by atoms with E-state index in [1.165, 1.54) is 0 Å². The highest BCUT2D eigenvalue weighted by Crippen LogP contribution is 2.29. The number of ether oxygens (including phenoxy) is 1. The van der Waals surface area contributed by atoms with Gasteiger partial charge in [-0.3, -0.25) is 0 Å². The fraction of sp³-hybridized carbons (Fsp3) is 0.375. The first-order chi connectivity index (χ1) is 9.70.